The van der Waals surface area contributed by atoms with E-state index in [0.29, 0.717) is 17.1 Å². The molecule has 5 nitrogen and oxygen atoms in total. The number of hydrogen-bond donors (Lipinski definition) is 2. The van der Waals surface area contributed by atoms with Crippen LogP contribution < -0.4 is 11.5 Å². The van der Waals surface area contributed by atoms with E-state index < -0.39 is 0 Å². The molecule has 0 aliphatic carbocycles. The number of halogens is 1. The quantitative estimate of drug-likeness (QED) is 0.615. The monoisotopic (exact) mass is 419 g/mol. The van der Waals surface area contributed by atoms with Crippen molar-refractivity contribution in [2.75, 3.05) is 45.0 Å². The largest absolute Gasteiger partial charge is 0.384 e. The molecule has 31 heavy (non-hydrogen) atoms. The number of piperazine rings is 1. The summed E-state index contributed by atoms with van der Waals surface area (Å²) in [6, 6.07) is 21.0. The van der Waals surface area contributed by atoms with E-state index in [-0.39, 0.29) is 11.9 Å². The molecule has 1 aliphatic heterocycles. The number of rotatable bonds is 7. The van der Waals surface area contributed by atoms with Gasteiger partial charge < -0.3 is 16.4 Å². The van der Waals surface area contributed by atoms with E-state index in [1.54, 1.807) is 30.3 Å². The molecule has 1 fully saturated rings. The smallest absolute Gasteiger partial charge is 0.132 e. The summed E-state index contributed by atoms with van der Waals surface area (Å²) >= 11 is 0. The summed E-state index contributed by atoms with van der Waals surface area (Å²) < 4.78 is 14.6. The van der Waals surface area contributed by atoms with Crippen molar-refractivity contribution in [2.45, 2.75) is 12.5 Å². The van der Waals surface area contributed by atoms with Crippen molar-refractivity contribution in [3.8, 4) is 11.3 Å². The molecule has 3 aromatic rings. The van der Waals surface area contributed by atoms with Crippen molar-refractivity contribution < 1.29 is 4.39 Å². The first-order valence-electron chi connectivity index (χ1n) is 10.8. The maximum absolute atomic E-state index is 14.6. The molecular weight excluding hydrogens is 389 g/mol. The zero-order valence-electron chi connectivity index (χ0n) is 17.8. The molecule has 0 bridgehead atoms. The van der Waals surface area contributed by atoms with Crippen LogP contribution in [0, 0.1) is 5.82 Å². The fourth-order valence-corrected chi connectivity index (χ4v) is 4.09. The Morgan fingerprint density at radius 3 is 2.35 bits per heavy atom. The molecular formula is C25H30FN5. The van der Waals surface area contributed by atoms with Crippen molar-refractivity contribution in [2.24, 2.45) is 5.73 Å². The van der Waals surface area contributed by atoms with Crippen LogP contribution in [0.3, 0.4) is 0 Å². The molecule has 0 amide bonds. The molecule has 162 valence electrons. The second kappa shape index (κ2) is 10.0. The summed E-state index contributed by atoms with van der Waals surface area (Å²) in [7, 11) is 0. The topological polar surface area (TPSA) is 71.4 Å². The van der Waals surface area contributed by atoms with Crippen molar-refractivity contribution >= 4 is 5.82 Å². The Hall–Kier alpha value is -2.80. The second-order valence-corrected chi connectivity index (χ2v) is 8.17. The first-order valence-corrected chi connectivity index (χ1v) is 10.8. The van der Waals surface area contributed by atoms with Gasteiger partial charge in [-0.1, -0.05) is 42.5 Å². The van der Waals surface area contributed by atoms with E-state index in [4.69, 9.17) is 11.5 Å². The highest BCUT2D eigenvalue weighted by atomic mass is 19.1. The zero-order valence-corrected chi connectivity index (χ0v) is 17.8. The number of pyridine rings is 1. The minimum Gasteiger partial charge on any atom is -0.384 e. The van der Waals surface area contributed by atoms with E-state index in [1.165, 1.54) is 5.56 Å². The molecule has 0 radical (unpaired) electrons. The van der Waals surface area contributed by atoms with Gasteiger partial charge in [0.1, 0.15) is 11.6 Å². The number of hydrogen-bond acceptors (Lipinski definition) is 5. The summed E-state index contributed by atoms with van der Waals surface area (Å²) in [5.41, 5.74) is 15.3. The maximum Gasteiger partial charge on any atom is 0.132 e. The van der Waals surface area contributed by atoms with Gasteiger partial charge in [-0.3, -0.25) is 4.90 Å². The van der Waals surface area contributed by atoms with Crippen LogP contribution in [0.4, 0.5) is 10.2 Å². The lowest BCUT2D eigenvalue weighted by molar-refractivity contribution is 0.128. The first-order chi connectivity index (χ1) is 15.1. The molecule has 1 unspecified atom stereocenters. The number of benzene rings is 2. The molecule has 4 N–H and O–H groups in total. The van der Waals surface area contributed by atoms with Gasteiger partial charge in [0, 0.05) is 50.9 Å². The lowest BCUT2D eigenvalue weighted by Gasteiger charge is -2.36. The third-order valence-corrected chi connectivity index (χ3v) is 5.94. The van der Waals surface area contributed by atoms with Crippen LogP contribution >= 0.6 is 0 Å². The van der Waals surface area contributed by atoms with Crippen LogP contribution in [-0.2, 0) is 6.42 Å². The fraction of sp³-hybridized carbons (Fsp3) is 0.320. The van der Waals surface area contributed by atoms with Gasteiger partial charge in [-0.05, 0) is 41.8 Å². The van der Waals surface area contributed by atoms with Crippen molar-refractivity contribution in [3.05, 3.63) is 83.7 Å². The van der Waals surface area contributed by atoms with Gasteiger partial charge in [-0.2, -0.15) is 0 Å². The van der Waals surface area contributed by atoms with Gasteiger partial charge >= 0.3 is 0 Å². The van der Waals surface area contributed by atoms with Crippen LogP contribution in [0.1, 0.15) is 17.2 Å². The molecule has 1 saturated heterocycles. The van der Waals surface area contributed by atoms with Gasteiger partial charge in [0.2, 0.25) is 0 Å². The Balaban J connectivity index is 1.25. The normalized spacial score (nSPS) is 16.3. The van der Waals surface area contributed by atoms with Crippen LogP contribution in [0.2, 0.25) is 0 Å². The van der Waals surface area contributed by atoms with Crippen LogP contribution in [0.15, 0.2) is 66.7 Å². The summed E-state index contributed by atoms with van der Waals surface area (Å²) in [4.78, 5) is 9.09. The van der Waals surface area contributed by atoms with Gasteiger partial charge in [0.15, 0.2) is 0 Å². The Morgan fingerprint density at radius 1 is 0.903 bits per heavy atom. The summed E-state index contributed by atoms with van der Waals surface area (Å²) in [5.74, 6) is 0.139. The SMILES string of the molecule is Nc1cccc(-c2ccc(CCN3CCN(CC(N)c4ccccc4)CC3)cc2F)n1. The molecule has 0 saturated carbocycles. The predicted octanol–water partition coefficient (Wildman–Crippen LogP) is 3.33. The van der Waals surface area contributed by atoms with Crippen LogP contribution in [0.5, 0.6) is 0 Å². The zero-order chi connectivity index (χ0) is 21.6. The van der Waals surface area contributed by atoms with E-state index in [0.717, 1.165) is 51.3 Å². The van der Waals surface area contributed by atoms with Crippen molar-refractivity contribution in [3.63, 3.8) is 0 Å². The number of nitrogens with zero attached hydrogens (tertiary/aromatic N) is 3. The summed E-state index contributed by atoms with van der Waals surface area (Å²) in [6.07, 6.45) is 0.824. The number of nitrogen functional groups attached to an aromatic ring is 1. The van der Waals surface area contributed by atoms with E-state index in [1.807, 2.05) is 24.3 Å². The fourth-order valence-electron chi connectivity index (χ4n) is 4.09. The van der Waals surface area contributed by atoms with Gasteiger partial charge in [-0.15, -0.1) is 0 Å². The maximum atomic E-state index is 14.6. The molecule has 0 spiro atoms. The molecule has 6 heteroatoms. The summed E-state index contributed by atoms with van der Waals surface area (Å²) in [6.45, 7) is 5.84. The lowest BCUT2D eigenvalue weighted by Crippen LogP contribution is -2.48. The average Bonchev–Trinajstić information content (AvgIpc) is 2.79. The number of nitrogens with two attached hydrogens (primary N) is 2. The van der Waals surface area contributed by atoms with Gasteiger partial charge in [0.05, 0.1) is 5.69 Å². The first kappa shape index (κ1) is 21.4. The van der Waals surface area contributed by atoms with Crippen molar-refractivity contribution in [1.29, 1.82) is 0 Å². The minimum absolute atomic E-state index is 0.0451. The van der Waals surface area contributed by atoms with E-state index in [2.05, 4.69) is 26.9 Å². The molecule has 1 aromatic heterocycles. The molecule has 2 aromatic carbocycles. The third kappa shape index (κ3) is 5.67. The molecule has 2 heterocycles. The van der Waals surface area contributed by atoms with Crippen LogP contribution in [0.25, 0.3) is 11.3 Å². The van der Waals surface area contributed by atoms with Gasteiger partial charge in [0.25, 0.3) is 0 Å². The Kier molecular flexibility index (Phi) is 6.92. The van der Waals surface area contributed by atoms with Gasteiger partial charge in [-0.25, -0.2) is 9.37 Å². The molecule has 1 atom stereocenters. The Labute approximate surface area is 183 Å². The molecule has 4 rings (SSSR count). The van der Waals surface area contributed by atoms with E-state index in [9.17, 15) is 4.39 Å². The lowest BCUT2D eigenvalue weighted by atomic mass is 10.0. The summed E-state index contributed by atoms with van der Waals surface area (Å²) in [5, 5.41) is 0. The number of anilines is 1. The minimum atomic E-state index is -0.254. The average molecular weight is 420 g/mol. The number of aromatic nitrogens is 1. The Bertz CT molecular complexity index is 986. The van der Waals surface area contributed by atoms with E-state index >= 15 is 0 Å². The van der Waals surface area contributed by atoms with Crippen molar-refractivity contribution in [1.82, 2.24) is 14.8 Å². The third-order valence-electron chi connectivity index (χ3n) is 5.94. The highest BCUT2D eigenvalue weighted by Crippen LogP contribution is 2.23. The standard InChI is InChI=1S/C25H30FN5/c26-22-17-19(9-10-21(22)24-7-4-8-25(28)29-24)11-12-30-13-15-31(16-14-30)18-23(27)20-5-2-1-3-6-20/h1-10,17,23H,11-16,18,27H2,(H2,28,29). The highest BCUT2D eigenvalue weighted by molar-refractivity contribution is 5.62. The molecule has 1 aliphatic rings. The highest BCUT2D eigenvalue weighted by Gasteiger charge is 2.19. The predicted molar refractivity (Wildman–Crippen MR) is 124 cm³/mol. The second-order valence-electron chi connectivity index (χ2n) is 8.17. The van der Waals surface area contributed by atoms with Crippen LogP contribution in [-0.4, -0.2) is 54.1 Å². The Morgan fingerprint density at radius 2 is 1.65 bits per heavy atom.